The number of likely N-dealkylation sites (N-methyl/N-ethyl adjacent to an activating group) is 1. The summed E-state index contributed by atoms with van der Waals surface area (Å²) in [5, 5.41) is 0. The highest BCUT2D eigenvalue weighted by molar-refractivity contribution is 5.85. The first-order valence-electron chi connectivity index (χ1n) is 20.1. The molecule has 2 fully saturated rings. The Morgan fingerprint density at radius 1 is 0.667 bits per heavy atom. The van der Waals surface area contributed by atoms with E-state index < -0.39 is 0 Å². The van der Waals surface area contributed by atoms with E-state index in [1.54, 1.807) is 0 Å². The van der Waals surface area contributed by atoms with Crippen LogP contribution in [0.5, 0.6) is 11.5 Å². The molecule has 0 radical (unpaired) electrons. The summed E-state index contributed by atoms with van der Waals surface area (Å²) in [6.07, 6.45) is 7.33. The smallest absolute Gasteiger partial charge is 0.245 e. The topological polar surface area (TPSA) is 110 Å². The fraction of sp³-hybridized carbons (Fsp3) is 0.319. The van der Waals surface area contributed by atoms with Crippen molar-refractivity contribution < 1.29 is 14.3 Å². The molecule has 4 atom stereocenters. The number of aromatic amines is 2. The van der Waals surface area contributed by atoms with Gasteiger partial charge in [-0.3, -0.25) is 14.5 Å². The molecule has 0 saturated carbocycles. The van der Waals surface area contributed by atoms with E-state index in [0.29, 0.717) is 18.0 Å². The Kier molecular flexibility index (Phi) is 11.0. The number of carbonyl (C=O) groups is 2. The van der Waals surface area contributed by atoms with Gasteiger partial charge in [-0.2, -0.15) is 0 Å². The number of benzene rings is 4. The summed E-state index contributed by atoms with van der Waals surface area (Å²) in [6.45, 7) is 5.67. The predicted molar refractivity (Wildman–Crippen MR) is 222 cm³/mol. The zero-order valence-corrected chi connectivity index (χ0v) is 33.1. The molecule has 2 aromatic heterocycles. The molecular weight excluding hydrogens is 711 g/mol. The molecule has 2 aliphatic rings. The Morgan fingerprint density at radius 2 is 1.23 bits per heavy atom. The van der Waals surface area contributed by atoms with E-state index in [2.05, 4.69) is 35.9 Å². The van der Waals surface area contributed by atoms with E-state index in [1.807, 2.05) is 138 Å². The second-order valence-corrected chi connectivity index (χ2v) is 15.8. The zero-order chi connectivity index (χ0) is 39.5. The van der Waals surface area contributed by atoms with Gasteiger partial charge in [-0.1, -0.05) is 86.6 Å². The summed E-state index contributed by atoms with van der Waals surface area (Å²) in [7, 11) is 3.91. The van der Waals surface area contributed by atoms with Crippen LogP contribution in [0.3, 0.4) is 0 Å². The van der Waals surface area contributed by atoms with Crippen LogP contribution < -0.4 is 4.74 Å². The third-order valence-electron chi connectivity index (χ3n) is 11.4. The van der Waals surface area contributed by atoms with Crippen molar-refractivity contribution in [1.82, 2.24) is 34.6 Å². The van der Waals surface area contributed by atoms with Crippen LogP contribution in [0.25, 0.3) is 22.5 Å². The third-order valence-corrected chi connectivity index (χ3v) is 11.4. The van der Waals surface area contributed by atoms with Crippen LogP contribution in [-0.4, -0.2) is 73.6 Å². The first-order valence-corrected chi connectivity index (χ1v) is 20.1. The summed E-state index contributed by atoms with van der Waals surface area (Å²) >= 11 is 0. The first-order chi connectivity index (χ1) is 27.7. The number of hydrogen-bond acceptors (Lipinski definition) is 6. The summed E-state index contributed by atoms with van der Waals surface area (Å²) in [4.78, 5) is 50.5. The van der Waals surface area contributed by atoms with Gasteiger partial charge in [-0.25, -0.2) is 9.97 Å². The van der Waals surface area contributed by atoms with Crippen molar-refractivity contribution in [3.63, 3.8) is 0 Å². The molecular formula is C47H51N7O3. The number of carbonyl (C=O) groups excluding carboxylic acids is 2. The molecule has 8 rings (SSSR count). The average Bonchev–Trinajstić information content (AvgIpc) is 4.06. The van der Waals surface area contributed by atoms with Gasteiger partial charge in [0.05, 0.1) is 41.8 Å². The highest BCUT2D eigenvalue weighted by atomic mass is 16.5. The maximum atomic E-state index is 14.0. The molecule has 0 bridgehead atoms. The molecule has 2 saturated heterocycles. The van der Waals surface area contributed by atoms with Crippen LogP contribution in [0, 0.1) is 5.92 Å². The second-order valence-electron chi connectivity index (χ2n) is 15.8. The molecule has 57 heavy (non-hydrogen) atoms. The molecule has 0 spiro atoms. The number of aromatic nitrogens is 4. The minimum absolute atomic E-state index is 0.0771. The van der Waals surface area contributed by atoms with Crippen LogP contribution >= 0.6 is 0 Å². The Morgan fingerprint density at radius 3 is 1.81 bits per heavy atom. The summed E-state index contributed by atoms with van der Waals surface area (Å²) in [5.41, 5.74) is 5.75. The number of likely N-dealkylation sites (tertiary alicyclic amines) is 2. The van der Waals surface area contributed by atoms with Crippen LogP contribution in [0.15, 0.2) is 122 Å². The summed E-state index contributed by atoms with van der Waals surface area (Å²) < 4.78 is 6.32. The lowest BCUT2D eigenvalue weighted by Crippen LogP contribution is -2.40. The standard InChI is InChI=1S/C47H51N7O3/c1-31(2)42(33-14-7-5-8-15-33)46(55)53-26-12-20-40(53)44-48-29-38(50-44)32-22-24-36(25-23-32)57-37-19-11-18-35(28-37)39-30-49-45(51-39)41-21-13-27-54(41)47(56)43(52(3)4)34-16-9-6-10-17-34/h5-11,14-19,22-25,28-31,40-43H,12-13,20-21,26-27H2,1-4H3,(H,48,50)(H,49,51). The third kappa shape index (κ3) is 8.00. The molecule has 6 aromatic rings. The largest absolute Gasteiger partial charge is 0.457 e. The lowest BCUT2D eigenvalue weighted by molar-refractivity contribution is -0.137. The lowest BCUT2D eigenvalue weighted by Gasteiger charge is -2.31. The number of H-pyrrole nitrogens is 2. The number of hydrogen-bond donors (Lipinski definition) is 2. The quantitative estimate of drug-likeness (QED) is 0.129. The molecule has 2 amide bonds. The van der Waals surface area contributed by atoms with Crippen molar-refractivity contribution in [3.8, 4) is 34.0 Å². The van der Waals surface area contributed by atoms with Gasteiger partial charge >= 0.3 is 0 Å². The number of imidazole rings is 2. The van der Waals surface area contributed by atoms with Crippen LogP contribution in [0.1, 0.15) is 86.3 Å². The molecule has 2 N–H and O–H groups in total. The highest BCUT2D eigenvalue weighted by Gasteiger charge is 2.38. The van der Waals surface area contributed by atoms with Gasteiger partial charge in [0.2, 0.25) is 11.8 Å². The first kappa shape index (κ1) is 37.9. The van der Waals surface area contributed by atoms with E-state index in [0.717, 1.165) is 77.5 Å². The maximum absolute atomic E-state index is 14.0. The van der Waals surface area contributed by atoms with Crippen LogP contribution in [-0.2, 0) is 9.59 Å². The Bertz CT molecular complexity index is 2280. The SMILES string of the molecule is CC(C)C(C(=O)N1CCCC1c1ncc(-c2ccc(Oc3cccc(-c4cnc(C5CCCN5C(=O)C(c5ccccc5)N(C)C)[nH]4)c3)cc2)[nH]1)c1ccccc1. The maximum Gasteiger partial charge on any atom is 0.245 e. The number of nitrogens with one attached hydrogen (secondary N) is 2. The molecule has 4 unspecified atom stereocenters. The van der Waals surface area contributed by atoms with Crippen molar-refractivity contribution >= 4 is 11.8 Å². The number of nitrogens with zero attached hydrogens (tertiary/aromatic N) is 5. The molecule has 2 aliphatic heterocycles. The van der Waals surface area contributed by atoms with Crippen molar-refractivity contribution in [2.45, 2.75) is 63.6 Å². The minimum atomic E-state index is -0.357. The van der Waals surface area contributed by atoms with Crippen molar-refractivity contribution in [2.24, 2.45) is 5.92 Å². The molecule has 10 heteroatoms. The second kappa shape index (κ2) is 16.6. The van der Waals surface area contributed by atoms with Crippen molar-refractivity contribution in [3.05, 3.63) is 144 Å². The Hall–Kier alpha value is -6.00. The number of rotatable bonds is 12. The van der Waals surface area contributed by atoms with Gasteiger partial charge in [-0.05, 0) is 98.8 Å². The van der Waals surface area contributed by atoms with E-state index >= 15 is 0 Å². The fourth-order valence-corrected chi connectivity index (χ4v) is 8.61. The highest BCUT2D eigenvalue weighted by Crippen LogP contribution is 2.38. The number of ether oxygens (including phenoxy) is 1. The zero-order valence-electron chi connectivity index (χ0n) is 33.1. The van der Waals surface area contributed by atoms with E-state index in [1.165, 1.54) is 0 Å². The molecule has 4 heterocycles. The van der Waals surface area contributed by atoms with Gasteiger partial charge in [0, 0.05) is 18.7 Å². The van der Waals surface area contributed by atoms with Gasteiger partial charge < -0.3 is 24.5 Å². The average molecular weight is 762 g/mol. The van der Waals surface area contributed by atoms with Crippen LogP contribution in [0.2, 0.25) is 0 Å². The fourth-order valence-electron chi connectivity index (χ4n) is 8.61. The molecule has 292 valence electrons. The van der Waals surface area contributed by atoms with Crippen molar-refractivity contribution in [1.29, 1.82) is 0 Å². The van der Waals surface area contributed by atoms with Gasteiger partial charge in [0.15, 0.2) is 0 Å². The van der Waals surface area contributed by atoms with Crippen LogP contribution in [0.4, 0.5) is 0 Å². The molecule has 10 nitrogen and oxygen atoms in total. The lowest BCUT2D eigenvalue weighted by atomic mass is 9.87. The van der Waals surface area contributed by atoms with Gasteiger partial charge in [0.1, 0.15) is 29.2 Å². The monoisotopic (exact) mass is 761 g/mol. The minimum Gasteiger partial charge on any atom is -0.457 e. The molecule has 4 aromatic carbocycles. The Labute approximate surface area is 334 Å². The predicted octanol–water partition coefficient (Wildman–Crippen LogP) is 9.33. The summed E-state index contributed by atoms with van der Waals surface area (Å²) in [5.74, 6) is 3.29. The van der Waals surface area contributed by atoms with E-state index in [9.17, 15) is 9.59 Å². The molecule has 0 aliphatic carbocycles. The van der Waals surface area contributed by atoms with Crippen molar-refractivity contribution in [2.75, 3.05) is 27.2 Å². The Balaban J connectivity index is 0.925. The van der Waals surface area contributed by atoms with E-state index in [-0.39, 0.29) is 41.8 Å². The van der Waals surface area contributed by atoms with Gasteiger partial charge in [-0.15, -0.1) is 0 Å². The van der Waals surface area contributed by atoms with Gasteiger partial charge in [0.25, 0.3) is 0 Å². The van der Waals surface area contributed by atoms with E-state index in [4.69, 9.17) is 14.7 Å². The normalized spacial score (nSPS) is 18.0. The number of amides is 2. The summed E-state index contributed by atoms with van der Waals surface area (Å²) in [6, 6.07) is 35.4.